The lowest BCUT2D eigenvalue weighted by atomic mass is 10.1. The molecule has 0 saturated heterocycles. The number of pyridine rings is 1. The number of carbonyl (C=O) groups is 1. The number of nitrogens with zero attached hydrogens (tertiary/aromatic N) is 1. The van der Waals surface area contributed by atoms with Gasteiger partial charge in [-0.1, -0.05) is 6.92 Å². The molecule has 1 saturated carbocycles. The molecule has 2 atom stereocenters. The minimum atomic E-state index is -0.107. The third kappa shape index (κ3) is 2.32. The van der Waals surface area contributed by atoms with Crippen LogP contribution in [-0.2, 0) is 0 Å². The average Bonchev–Trinajstić information content (AvgIpc) is 2.64. The van der Waals surface area contributed by atoms with Crippen LogP contribution in [0.3, 0.4) is 0 Å². The predicted molar refractivity (Wildman–Crippen MR) is 62.9 cm³/mol. The van der Waals surface area contributed by atoms with Crippen LogP contribution in [0, 0.1) is 5.92 Å². The Morgan fingerprint density at radius 2 is 2.38 bits per heavy atom. The lowest BCUT2D eigenvalue weighted by Crippen LogP contribution is -2.33. The molecule has 1 fully saturated rings. The molecule has 1 aromatic heterocycles. The van der Waals surface area contributed by atoms with Crippen LogP contribution in [0.5, 0.6) is 0 Å². The number of nitrogens with two attached hydrogens (primary N) is 1. The summed E-state index contributed by atoms with van der Waals surface area (Å²) in [4.78, 5) is 15.8. The van der Waals surface area contributed by atoms with Crippen LogP contribution in [0.4, 0.5) is 5.82 Å². The monoisotopic (exact) mass is 219 g/mol. The van der Waals surface area contributed by atoms with Crippen LogP contribution in [0.1, 0.15) is 36.5 Å². The maximum absolute atomic E-state index is 11.9. The van der Waals surface area contributed by atoms with Crippen molar-refractivity contribution >= 4 is 11.7 Å². The fourth-order valence-electron chi connectivity index (χ4n) is 2.21. The van der Waals surface area contributed by atoms with Crippen LogP contribution in [-0.4, -0.2) is 16.9 Å². The van der Waals surface area contributed by atoms with E-state index in [1.54, 1.807) is 18.3 Å². The summed E-state index contributed by atoms with van der Waals surface area (Å²) >= 11 is 0. The Hall–Kier alpha value is -1.58. The number of nitrogens with one attached hydrogen (secondary N) is 1. The van der Waals surface area contributed by atoms with E-state index in [2.05, 4.69) is 17.2 Å². The number of hydrogen-bond acceptors (Lipinski definition) is 3. The van der Waals surface area contributed by atoms with Gasteiger partial charge in [-0.15, -0.1) is 0 Å². The molecule has 1 aromatic rings. The number of anilines is 1. The minimum Gasteiger partial charge on any atom is -0.383 e. The fourth-order valence-corrected chi connectivity index (χ4v) is 2.21. The van der Waals surface area contributed by atoms with Gasteiger partial charge in [0.05, 0.1) is 5.56 Å². The first-order valence-corrected chi connectivity index (χ1v) is 5.68. The van der Waals surface area contributed by atoms with Crippen molar-refractivity contribution in [2.45, 2.75) is 32.2 Å². The highest BCUT2D eigenvalue weighted by Gasteiger charge is 2.23. The van der Waals surface area contributed by atoms with E-state index in [1.165, 1.54) is 6.42 Å². The lowest BCUT2D eigenvalue weighted by Gasteiger charge is -2.12. The topological polar surface area (TPSA) is 68.0 Å². The molecular weight excluding hydrogens is 202 g/mol. The highest BCUT2D eigenvalue weighted by Crippen LogP contribution is 2.24. The molecule has 0 radical (unpaired) electrons. The maximum atomic E-state index is 11.9. The van der Waals surface area contributed by atoms with E-state index in [4.69, 9.17) is 5.73 Å². The molecule has 4 nitrogen and oxygen atoms in total. The summed E-state index contributed by atoms with van der Waals surface area (Å²) in [5.41, 5.74) is 6.13. The zero-order chi connectivity index (χ0) is 11.5. The summed E-state index contributed by atoms with van der Waals surface area (Å²) in [6, 6.07) is 3.72. The Morgan fingerprint density at radius 3 is 3.00 bits per heavy atom. The maximum Gasteiger partial charge on any atom is 0.255 e. The van der Waals surface area contributed by atoms with Crippen LogP contribution in [0.25, 0.3) is 0 Å². The molecule has 16 heavy (non-hydrogen) atoms. The Kier molecular flexibility index (Phi) is 3.08. The summed E-state index contributed by atoms with van der Waals surface area (Å²) in [5.74, 6) is 0.896. The van der Waals surface area contributed by atoms with Gasteiger partial charge in [-0.25, -0.2) is 4.98 Å². The second-order valence-corrected chi connectivity index (χ2v) is 4.52. The SMILES string of the molecule is CC1CCC(NC(=O)c2cccnc2N)C1. The third-order valence-corrected chi connectivity index (χ3v) is 3.11. The molecular formula is C12H17N3O. The van der Waals surface area contributed by atoms with Crippen molar-refractivity contribution in [1.29, 1.82) is 0 Å². The molecule has 3 N–H and O–H groups in total. The second-order valence-electron chi connectivity index (χ2n) is 4.52. The Balaban J connectivity index is 2.01. The van der Waals surface area contributed by atoms with E-state index in [0.717, 1.165) is 12.8 Å². The molecule has 0 aliphatic heterocycles. The molecule has 86 valence electrons. The molecule has 0 spiro atoms. The van der Waals surface area contributed by atoms with Gasteiger partial charge in [0.1, 0.15) is 5.82 Å². The Labute approximate surface area is 95.3 Å². The summed E-state index contributed by atoms with van der Waals surface area (Å²) in [5, 5.41) is 3.01. The van der Waals surface area contributed by atoms with Gasteiger partial charge in [0, 0.05) is 12.2 Å². The van der Waals surface area contributed by atoms with Crippen molar-refractivity contribution in [3.8, 4) is 0 Å². The van der Waals surface area contributed by atoms with Gasteiger partial charge in [-0.3, -0.25) is 4.79 Å². The number of aromatic nitrogens is 1. The van der Waals surface area contributed by atoms with Gasteiger partial charge in [0.2, 0.25) is 0 Å². The van der Waals surface area contributed by atoms with Gasteiger partial charge >= 0.3 is 0 Å². The van der Waals surface area contributed by atoms with E-state index in [0.29, 0.717) is 23.3 Å². The standard InChI is InChI=1S/C12H17N3O/c1-8-4-5-9(7-8)15-12(16)10-3-2-6-14-11(10)13/h2-3,6,8-9H,4-5,7H2,1H3,(H2,13,14)(H,15,16). The van der Waals surface area contributed by atoms with Crippen LogP contribution in [0.2, 0.25) is 0 Å². The van der Waals surface area contributed by atoms with Crippen molar-refractivity contribution < 1.29 is 4.79 Å². The van der Waals surface area contributed by atoms with Crippen molar-refractivity contribution in [2.75, 3.05) is 5.73 Å². The molecule has 1 aliphatic carbocycles. The van der Waals surface area contributed by atoms with Crippen LogP contribution < -0.4 is 11.1 Å². The first-order valence-electron chi connectivity index (χ1n) is 5.68. The van der Waals surface area contributed by atoms with Gasteiger partial charge in [0.25, 0.3) is 5.91 Å². The number of amides is 1. The summed E-state index contributed by atoms with van der Waals surface area (Å²) in [6.45, 7) is 2.21. The smallest absolute Gasteiger partial charge is 0.255 e. The van der Waals surface area contributed by atoms with E-state index in [1.807, 2.05) is 0 Å². The first kappa shape index (κ1) is 10.9. The predicted octanol–water partition coefficient (Wildman–Crippen LogP) is 1.58. The molecule has 4 heteroatoms. The number of carbonyl (C=O) groups excluding carboxylic acids is 1. The van der Waals surface area contributed by atoms with Gasteiger partial charge < -0.3 is 11.1 Å². The molecule has 1 heterocycles. The summed E-state index contributed by atoms with van der Waals surface area (Å²) < 4.78 is 0. The van der Waals surface area contributed by atoms with Gasteiger partial charge in [0.15, 0.2) is 0 Å². The average molecular weight is 219 g/mol. The second kappa shape index (κ2) is 4.51. The lowest BCUT2D eigenvalue weighted by molar-refractivity contribution is 0.0938. The van der Waals surface area contributed by atoms with Crippen molar-refractivity contribution in [3.05, 3.63) is 23.9 Å². The van der Waals surface area contributed by atoms with E-state index in [-0.39, 0.29) is 5.91 Å². The highest BCUT2D eigenvalue weighted by atomic mass is 16.1. The molecule has 2 unspecified atom stereocenters. The first-order chi connectivity index (χ1) is 7.66. The Morgan fingerprint density at radius 1 is 1.56 bits per heavy atom. The number of rotatable bonds is 2. The summed E-state index contributed by atoms with van der Waals surface area (Å²) in [6.07, 6.45) is 4.90. The third-order valence-electron chi connectivity index (χ3n) is 3.11. The largest absolute Gasteiger partial charge is 0.383 e. The molecule has 0 bridgehead atoms. The summed E-state index contributed by atoms with van der Waals surface area (Å²) in [7, 11) is 0. The van der Waals surface area contributed by atoms with E-state index >= 15 is 0 Å². The number of nitrogen functional groups attached to an aromatic ring is 1. The van der Waals surface area contributed by atoms with E-state index in [9.17, 15) is 4.79 Å². The quantitative estimate of drug-likeness (QED) is 0.793. The van der Waals surface area contributed by atoms with Crippen molar-refractivity contribution in [3.63, 3.8) is 0 Å². The molecule has 2 rings (SSSR count). The number of hydrogen-bond donors (Lipinski definition) is 2. The normalized spacial score (nSPS) is 24.3. The van der Waals surface area contributed by atoms with Gasteiger partial charge in [-0.2, -0.15) is 0 Å². The zero-order valence-corrected chi connectivity index (χ0v) is 9.44. The van der Waals surface area contributed by atoms with Crippen molar-refractivity contribution in [2.24, 2.45) is 5.92 Å². The zero-order valence-electron chi connectivity index (χ0n) is 9.44. The molecule has 1 aliphatic rings. The Bertz CT molecular complexity index is 392. The van der Waals surface area contributed by atoms with Crippen LogP contribution in [0.15, 0.2) is 18.3 Å². The molecule has 0 aromatic carbocycles. The molecule has 1 amide bonds. The fraction of sp³-hybridized carbons (Fsp3) is 0.500. The highest BCUT2D eigenvalue weighted by molar-refractivity contribution is 5.98. The van der Waals surface area contributed by atoms with Gasteiger partial charge in [-0.05, 0) is 37.3 Å². The van der Waals surface area contributed by atoms with E-state index < -0.39 is 0 Å². The van der Waals surface area contributed by atoms with Crippen LogP contribution >= 0.6 is 0 Å². The van der Waals surface area contributed by atoms with Crippen molar-refractivity contribution in [1.82, 2.24) is 10.3 Å². The minimum absolute atomic E-state index is 0.107.